The molecule has 2 fully saturated rings. The Morgan fingerprint density at radius 2 is 2.03 bits per heavy atom. The van der Waals surface area contributed by atoms with Gasteiger partial charge in [0.05, 0.1) is 37.8 Å². The lowest BCUT2D eigenvalue weighted by atomic mass is 9.90. The molecule has 2 aliphatic rings. The predicted molar refractivity (Wildman–Crippen MR) is 114 cm³/mol. The van der Waals surface area contributed by atoms with Gasteiger partial charge in [-0.2, -0.15) is 13.2 Å². The Morgan fingerprint density at radius 1 is 1.24 bits per heavy atom. The van der Waals surface area contributed by atoms with Crippen LogP contribution in [0.3, 0.4) is 0 Å². The van der Waals surface area contributed by atoms with Gasteiger partial charge < -0.3 is 19.5 Å². The number of alkyl halides is 3. The smallest absolute Gasteiger partial charge is 0.422 e. The number of carbonyl (C=O) groups excluding carboxylic acids is 1. The maximum absolute atomic E-state index is 12.7. The van der Waals surface area contributed by atoms with Gasteiger partial charge in [0.2, 0.25) is 5.91 Å². The van der Waals surface area contributed by atoms with E-state index < -0.39 is 12.8 Å². The van der Waals surface area contributed by atoms with Crippen LogP contribution in [0.5, 0.6) is 11.5 Å². The molecule has 1 saturated heterocycles. The molecule has 9 heteroatoms. The minimum atomic E-state index is -4.41. The standard InChI is InChI=1S/C24H27F3N2O4/c1-15(21-7-6-18(10-28-21)33-14-24(25,26)27)29-22(30)20-9-19(20)16-4-3-5-17(8-16)32-13-23(2)11-31-12-23/h3-8,10,15,19-20H,9,11-14H2,1-2H3,(H,29,30)/t15-,19?,20?/m1/s1. The molecule has 178 valence electrons. The molecule has 0 spiro atoms. The molecule has 2 aromatic rings. The third-order valence-corrected chi connectivity index (χ3v) is 5.87. The predicted octanol–water partition coefficient (Wildman–Crippen LogP) is 4.42. The first-order valence-corrected chi connectivity index (χ1v) is 10.9. The second-order valence-electron chi connectivity index (χ2n) is 9.17. The molecule has 2 heterocycles. The lowest BCUT2D eigenvalue weighted by Crippen LogP contribution is -2.44. The number of pyridine rings is 1. The molecule has 1 aliphatic heterocycles. The minimum Gasteiger partial charge on any atom is -0.493 e. The van der Waals surface area contributed by atoms with Crippen LogP contribution in [0.2, 0.25) is 0 Å². The summed E-state index contributed by atoms with van der Waals surface area (Å²) in [5.41, 5.74) is 1.67. The number of amides is 1. The van der Waals surface area contributed by atoms with Crippen molar-refractivity contribution in [2.45, 2.75) is 38.4 Å². The summed E-state index contributed by atoms with van der Waals surface area (Å²) in [4.78, 5) is 16.8. The van der Waals surface area contributed by atoms with E-state index in [9.17, 15) is 18.0 Å². The summed E-state index contributed by atoms with van der Waals surface area (Å²) in [5.74, 6) is 0.746. The van der Waals surface area contributed by atoms with Gasteiger partial charge in [-0.1, -0.05) is 19.1 Å². The van der Waals surface area contributed by atoms with Crippen molar-refractivity contribution in [2.24, 2.45) is 11.3 Å². The van der Waals surface area contributed by atoms with Crippen LogP contribution in [0.1, 0.15) is 43.5 Å². The molecular formula is C24H27F3N2O4. The number of hydrogen-bond acceptors (Lipinski definition) is 5. The molecule has 4 rings (SSSR count). The molecule has 2 unspecified atom stereocenters. The molecule has 33 heavy (non-hydrogen) atoms. The van der Waals surface area contributed by atoms with Crippen LogP contribution in [-0.4, -0.2) is 43.5 Å². The number of nitrogens with zero attached hydrogens (tertiary/aromatic N) is 1. The topological polar surface area (TPSA) is 69.7 Å². The SMILES string of the molecule is C[C@@H](NC(=O)C1CC1c1cccc(OCC2(C)COC2)c1)c1ccc(OCC(F)(F)F)cn1. The Hall–Kier alpha value is -2.81. The Kier molecular flexibility index (Phi) is 6.52. The van der Waals surface area contributed by atoms with E-state index in [1.54, 1.807) is 13.0 Å². The first kappa shape index (κ1) is 23.4. The van der Waals surface area contributed by atoms with Gasteiger partial charge in [0.15, 0.2) is 6.61 Å². The Balaban J connectivity index is 1.27. The Labute approximate surface area is 190 Å². The molecule has 0 bridgehead atoms. The molecule has 1 N–H and O–H groups in total. The van der Waals surface area contributed by atoms with Crippen molar-refractivity contribution in [3.63, 3.8) is 0 Å². The maximum atomic E-state index is 12.7. The molecular weight excluding hydrogens is 437 g/mol. The average molecular weight is 464 g/mol. The summed E-state index contributed by atoms with van der Waals surface area (Å²) in [6, 6.07) is 10.4. The van der Waals surface area contributed by atoms with E-state index in [0.29, 0.717) is 25.5 Å². The van der Waals surface area contributed by atoms with Crippen molar-refractivity contribution in [2.75, 3.05) is 26.4 Å². The van der Waals surface area contributed by atoms with Crippen LogP contribution in [0.25, 0.3) is 0 Å². The van der Waals surface area contributed by atoms with E-state index in [0.717, 1.165) is 17.7 Å². The normalized spacial score (nSPS) is 22.1. The number of benzene rings is 1. The third kappa shape index (κ3) is 6.16. The second kappa shape index (κ2) is 9.21. The van der Waals surface area contributed by atoms with E-state index in [4.69, 9.17) is 9.47 Å². The lowest BCUT2D eigenvalue weighted by molar-refractivity contribution is -0.153. The number of ether oxygens (including phenoxy) is 3. The van der Waals surface area contributed by atoms with E-state index in [1.807, 2.05) is 24.3 Å². The van der Waals surface area contributed by atoms with Gasteiger partial charge in [0.25, 0.3) is 0 Å². The number of rotatable bonds is 9. The fourth-order valence-electron chi connectivity index (χ4n) is 3.77. The van der Waals surface area contributed by atoms with Crippen molar-refractivity contribution >= 4 is 5.91 Å². The summed E-state index contributed by atoms with van der Waals surface area (Å²) in [7, 11) is 0. The number of halogens is 3. The fourth-order valence-corrected chi connectivity index (χ4v) is 3.77. The van der Waals surface area contributed by atoms with Gasteiger partial charge >= 0.3 is 6.18 Å². The second-order valence-corrected chi connectivity index (χ2v) is 9.17. The Morgan fingerprint density at radius 3 is 2.67 bits per heavy atom. The first-order chi connectivity index (χ1) is 15.6. The maximum Gasteiger partial charge on any atom is 0.422 e. The van der Waals surface area contributed by atoms with Crippen LogP contribution in [0, 0.1) is 11.3 Å². The van der Waals surface area contributed by atoms with Crippen molar-refractivity contribution in [3.05, 3.63) is 53.9 Å². The summed E-state index contributed by atoms with van der Waals surface area (Å²) < 4.78 is 52.6. The van der Waals surface area contributed by atoms with Gasteiger partial charge in [0.1, 0.15) is 11.5 Å². The zero-order valence-electron chi connectivity index (χ0n) is 18.5. The van der Waals surface area contributed by atoms with E-state index >= 15 is 0 Å². The number of carbonyl (C=O) groups is 1. The van der Waals surface area contributed by atoms with Crippen molar-refractivity contribution in [1.82, 2.24) is 10.3 Å². The largest absolute Gasteiger partial charge is 0.493 e. The molecule has 1 aliphatic carbocycles. The monoisotopic (exact) mass is 464 g/mol. The summed E-state index contributed by atoms with van der Waals surface area (Å²) >= 11 is 0. The molecule has 1 amide bonds. The number of aromatic nitrogens is 1. The van der Waals surface area contributed by atoms with E-state index in [-0.39, 0.29) is 34.9 Å². The highest BCUT2D eigenvalue weighted by Gasteiger charge is 2.44. The third-order valence-electron chi connectivity index (χ3n) is 5.87. The van der Waals surface area contributed by atoms with Crippen LogP contribution < -0.4 is 14.8 Å². The van der Waals surface area contributed by atoms with Crippen molar-refractivity contribution in [1.29, 1.82) is 0 Å². The van der Waals surface area contributed by atoms with Gasteiger partial charge in [-0.3, -0.25) is 9.78 Å². The van der Waals surface area contributed by atoms with Crippen molar-refractivity contribution < 1.29 is 32.2 Å². The van der Waals surface area contributed by atoms with Crippen LogP contribution in [-0.2, 0) is 9.53 Å². The number of hydrogen-bond donors (Lipinski definition) is 1. The van der Waals surface area contributed by atoms with Crippen LogP contribution >= 0.6 is 0 Å². The van der Waals surface area contributed by atoms with Gasteiger partial charge in [-0.05, 0) is 49.1 Å². The van der Waals surface area contributed by atoms with Gasteiger partial charge in [0, 0.05) is 11.3 Å². The molecule has 1 aromatic carbocycles. The average Bonchev–Trinajstić information content (AvgIpc) is 3.56. The zero-order chi connectivity index (χ0) is 23.6. The van der Waals surface area contributed by atoms with E-state index in [2.05, 4.69) is 22.0 Å². The van der Waals surface area contributed by atoms with E-state index in [1.165, 1.54) is 12.3 Å². The highest BCUT2D eigenvalue weighted by Crippen LogP contribution is 2.48. The highest BCUT2D eigenvalue weighted by atomic mass is 19.4. The highest BCUT2D eigenvalue weighted by molar-refractivity contribution is 5.83. The molecule has 3 atom stereocenters. The summed E-state index contributed by atoms with van der Waals surface area (Å²) in [6.07, 6.45) is -2.42. The molecule has 6 nitrogen and oxygen atoms in total. The molecule has 1 saturated carbocycles. The summed E-state index contributed by atoms with van der Waals surface area (Å²) in [6.45, 7) is 4.54. The molecule has 0 radical (unpaired) electrons. The van der Waals surface area contributed by atoms with Crippen molar-refractivity contribution in [3.8, 4) is 11.5 Å². The van der Waals surface area contributed by atoms with Crippen LogP contribution in [0.15, 0.2) is 42.6 Å². The van der Waals surface area contributed by atoms with Gasteiger partial charge in [-0.15, -0.1) is 0 Å². The fraction of sp³-hybridized carbons (Fsp3) is 0.500. The first-order valence-electron chi connectivity index (χ1n) is 10.9. The van der Waals surface area contributed by atoms with Gasteiger partial charge in [-0.25, -0.2) is 0 Å². The lowest BCUT2D eigenvalue weighted by Gasteiger charge is -2.37. The Bertz CT molecular complexity index is 976. The number of nitrogens with one attached hydrogen (secondary N) is 1. The van der Waals surface area contributed by atoms with Crippen LogP contribution in [0.4, 0.5) is 13.2 Å². The summed E-state index contributed by atoms with van der Waals surface area (Å²) in [5, 5.41) is 2.94. The minimum absolute atomic E-state index is 0.0257. The quantitative estimate of drug-likeness (QED) is 0.595. The zero-order valence-corrected chi connectivity index (χ0v) is 18.5. The molecule has 1 aromatic heterocycles.